The number of likely N-dealkylation sites (tertiary alicyclic amines) is 1. The molecule has 1 fully saturated rings. The van der Waals surface area contributed by atoms with Crippen LogP contribution in [-0.2, 0) is 24.5 Å². The molecular formula is C31H38N2O9. The van der Waals surface area contributed by atoms with Gasteiger partial charge in [-0.3, -0.25) is 9.59 Å². The molecule has 2 aromatic rings. The van der Waals surface area contributed by atoms with E-state index >= 15 is 0 Å². The van der Waals surface area contributed by atoms with Crippen LogP contribution in [0.15, 0.2) is 54.3 Å². The summed E-state index contributed by atoms with van der Waals surface area (Å²) >= 11 is 0. The second-order valence-electron chi connectivity index (χ2n) is 11.2. The first kappa shape index (κ1) is 31.0. The Morgan fingerprint density at radius 1 is 1.17 bits per heavy atom. The van der Waals surface area contributed by atoms with Crippen LogP contribution >= 0.6 is 0 Å². The second kappa shape index (κ2) is 12.1. The molecule has 1 amide bonds. The van der Waals surface area contributed by atoms with Gasteiger partial charge in [-0.2, -0.15) is 0 Å². The molecule has 0 radical (unpaired) electrons. The number of carbonyl (C=O) groups is 3. The number of carboxylic acid groups (broad SMARTS) is 1. The SMILES string of the molecule is COc1c(O)ccc(C)c1[C@]12CCN(C)[C@H](C)[C@]1(O)CC=C(OC(=O)C[C@H](NC(=O)[C@@H](O)c1ccccc1)C(=O)O)C2. The minimum Gasteiger partial charge on any atom is -0.504 e. The van der Waals surface area contributed by atoms with Crippen molar-refractivity contribution in [3.63, 3.8) is 0 Å². The molecule has 1 heterocycles. The van der Waals surface area contributed by atoms with Crippen molar-refractivity contribution in [1.29, 1.82) is 0 Å². The number of phenols is 1. The second-order valence-corrected chi connectivity index (χ2v) is 11.2. The highest BCUT2D eigenvalue weighted by atomic mass is 16.5. The summed E-state index contributed by atoms with van der Waals surface area (Å²) in [5.41, 5.74) is -0.625. The lowest BCUT2D eigenvalue weighted by atomic mass is 9.54. The number of methoxy groups -OCH3 is 1. The largest absolute Gasteiger partial charge is 0.504 e. The van der Waals surface area contributed by atoms with E-state index in [1.165, 1.54) is 25.3 Å². The van der Waals surface area contributed by atoms with Crippen molar-refractivity contribution in [3.05, 3.63) is 71.0 Å². The maximum atomic E-state index is 13.0. The Bertz CT molecular complexity index is 1380. The maximum absolute atomic E-state index is 13.0. The fraction of sp³-hybridized carbons (Fsp3) is 0.452. The van der Waals surface area contributed by atoms with Gasteiger partial charge in [0.15, 0.2) is 17.6 Å². The molecule has 0 aromatic heterocycles. The molecule has 0 spiro atoms. The van der Waals surface area contributed by atoms with Crippen molar-refractivity contribution in [2.75, 3.05) is 20.7 Å². The number of carboxylic acids is 1. The molecule has 1 saturated heterocycles. The normalized spacial score (nSPS) is 25.4. The van der Waals surface area contributed by atoms with Crippen molar-refractivity contribution in [2.24, 2.45) is 0 Å². The van der Waals surface area contributed by atoms with Crippen LogP contribution in [0.5, 0.6) is 11.5 Å². The lowest BCUT2D eigenvalue weighted by Gasteiger charge is -2.59. The minimum absolute atomic E-state index is 0.0766. The van der Waals surface area contributed by atoms with E-state index < -0.39 is 47.4 Å². The molecule has 1 aliphatic carbocycles. The maximum Gasteiger partial charge on any atom is 0.326 e. The van der Waals surface area contributed by atoms with E-state index in [9.17, 15) is 34.8 Å². The number of rotatable bonds is 9. The van der Waals surface area contributed by atoms with E-state index in [-0.39, 0.29) is 41.7 Å². The number of aryl methyl sites for hydroxylation is 1. The molecular weight excluding hydrogens is 544 g/mol. The van der Waals surface area contributed by atoms with Gasteiger partial charge >= 0.3 is 11.9 Å². The number of aromatic hydroxyl groups is 1. The quantitative estimate of drug-likeness (QED) is 0.277. The van der Waals surface area contributed by atoms with Gasteiger partial charge in [0.05, 0.1) is 19.1 Å². The molecule has 0 unspecified atom stereocenters. The number of allylic oxidation sites excluding steroid dienone is 1. The van der Waals surface area contributed by atoms with Crippen molar-refractivity contribution < 1.29 is 44.3 Å². The number of esters is 1. The Labute approximate surface area is 244 Å². The summed E-state index contributed by atoms with van der Waals surface area (Å²) in [5, 5.41) is 45.1. The monoisotopic (exact) mass is 582 g/mol. The number of piperidine rings is 1. The zero-order valence-corrected chi connectivity index (χ0v) is 24.2. The van der Waals surface area contributed by atoms with Crippen molar-refractivity contribution >= 4 is 17.8 Å². The van der Waals surface area contributed by atoms with Gasteiger partial charge in [-0.25, -0.2) is 4.79 Å². The molecule has 11 nitrogen and oxygen atoms in total. The molecule has 226 valence electrons. The topological polar surface area (TPSA) is 166 Å². The molecule has 2 aliphatic rings. The van der Waals surface area contributed by atoms with Gasteiger partial charge in [-0.15, -0.1) is 0 Å². The molecule has 5 atom stereocenters. The number of aliphatic hydroxyl groups is 2. The summed E-state index contributed by atoms with van der Waals surface area (Å²) in [6.07, 6.45) is 0.00137. The summed E-state index contributed by atoms with van der Waals surface area (Å²) in [7, 11) is 3.37. The van der Waals surface area contributed by atoms with Crippen LogP contribution in [0.1, 0.15) is 55.4 Å². The Hall–Kier alpha value is -3.93. The third-order valence-corrected chi connectivity index (χ3v) is 8.81. The number of aliphatic carboxylic acids is 1. The molecule has 11 heteroatoms. The third kappa shape index (κ3) is 5.59. The number of hydrogen-bond donors (Lipinski definition) is 5. The molecule has 42 heavy (non-hydrogen) atoms. The predicted molar refractivity (Wildman–Crippen MR) is 152 cm³/mol. The van der Waals surface area contributed by atoms with E-state index in [2.05, 4.69) is 10.2 Å². The van der Waals surface area contributed by atoms with E-state index in [1.807, 2.05) is 20.9 Å². The highest BCUT2D eigenvalue weighted by Crippen LogP contribution is 2.57. The van der Waals surface area contributed by atoms with Crippen LogP contribution in [0, 0.1) is 6.92 Å². The van der Waals surface area contributed by atoms with Crippen molar-refractivity contribution in [3.8, 4) is 11.5 Å². The minimum atomic E-state index is -1.64. The first-order valence-electron chi connectivity index (χ1n) is 13.8. The zero-order valence-electron chi connectivity index (χ0n) is 24.2. The van der Waals surface area contributed by atoms with Gasteiger partial charge in [0.25, 0.3) is 5.91 Å². The van der Waals surface area contributed by atoms with Gasteiger partial charge in [-0.1, -0.05) is 36.4 Å². The van der Waals surface area contributed by atoms with Crippen molar-refractivity contribution in [2.45, 2.75) is 68.7 Å². The molecule has 0 saturated carbocycles. The Balaban J connectivity index is 1.58. The summed E-state index contributed by atoms with van der Waals surface area (Å²) < 4.78 is 11.3. The summed E-state index contributed by atoms with van der Waals surface area (Å²) in [6, 6.07) is 9.34. The van der Waals surface area contributed by atoms with Gasteiger partial charge < -0.3 is 40.1 Å². The Kier molecular flexibility index (Phi) is 8.95. The van der Waals surface area contributed by atoms with E-state index in [1.54, 1.807) is 30.3 Å². The molecule has 4 rings (SSSR count). The standard InChI is InChI=1S/C31H38N2O9/c1-18-10-11-23(34)27(41-4)25(18)30-14-15-33(3)19(2)31(30,40)13-12-21(17-30)42-24(35)16-22(29(38)39)32-28(37)26(36)20-8-6-5-7-9-20/h5-12,19,22,26,34,36,40H,13-17H2,1-4H3,(H,32,37)(H,38,39)/t19-,22+,26+,30-,31-/m1/s1. The van der Waals surface area contributed by atoms with E-state index in [4.69, 9.17) is 9.47 Å². The van der Waals surface area contributed by atoms with E-state index in [0.29, 0.717) is 18.5 Å². The van der Waals surface area contributed by atoms with Gasteiger partial charge in [0.2, 0.25) is 0 Å². The van der Waals surface area contributed by atoms with Crippen LogP contribution in [0.3, 0.4) is 0 Å². The average molecular weight is 583 g/mol. The number of amides is 1. The number of nitrogens with zero attached hydrogens (tertiary/aromatic N) is 1. The fourth-order valence-corrected chi connectivity index (χ4v) is 6.36. The Morgan fingerprint density at radius 3 is 2.50 bits per heavy atom. The van der Waals surface area contributed by atoms with E-state index in [0.717, 1.165) is 5.56 Å². The van der Waals surface area contributed by atoms with Crippen LogP contribution in [0.4, 0.5) is 0 Å². The molecule has 2 aromatic carbocycles. The van der Waals surface area contributed by atoms with Gasteiger partial charge in [0, 0.05) is 29.9 Å². The number of fused-ring (bicyclic) bond motifs is 1. The number of benzene rings is 2. The van der Waals surface area contributed by atoms with Crippen LogP contribution in [0.25, 0.3) is 0 Å². The van der Waals surface area contributed by atoms with Crippen LogP contribution in [-0.4, -0.2) is 81.6 Å². The fourth-order valence-electron chi connectivity index (χ4n) is 6.36. The first-order valence-corrected chi connectivity index (χ1v) is 13.8. The predicted octanol–water partition coefficient (Wildman–Crippen LogP) is 2.32. The summed E-state index contributed by atoms with van der Waals surface area (Å²) in [4.78, 5) is 39.5. The number of likely N-dealkylation sites (N-methyl/N-ethyl adjacent to an activating group) is 1. The number of ether oxygens (including phenoxy) is 2. The number of aliphatic hydroxyl groups excluding tert-OH is 1. The highest BCUT2D eigenvalue weighted by molar-refractivity contribution is 5.89. The Morgan fingerprint density at radius 2 is 1.86 bits per heavy atom. The highest BCUT2D eigenvalue weighted by Gasteiger charge is 2.61. The number of hydrogen-bond acceptors (Lipinski definition) is 9. The van der Waals surface area contributed by atoms with Gasteiger partial charge in [0.1, 0.15) is 11.8 Å². The van der Waals surface area contributed by atoms with Crippen LogP contribution < -0.4 is 10.1 Å². The van der Waals surface area contributed by atoms with Crippen molar-refractivity contribution in [1.82, 2.24) is 10.2 Å². The lowest BCUT2D eigenvalue weighted by molar-refractivity contribution is -0.152. The number of phenolic OH excluding ortho intramolecular Hbond substituents is 1. The number of carbonyl (C=O) groups excluding carboxylic acids is 2. The van der Waals surface area contributed by atoms with Crippen LogP contribution in [0.2, 0.25) is 0 Å². The molecule has 1 aliphatic heterocycles. The average Bonchev–Trinajstić information content (AvgIpc) is 2.96. The first-order chi connectivity index (χ1) is 19.8. The summed E-state index contributed by atoms with van der Waals surface area (Å²) in [5.74, 6) is -2.92. The lowest BCUT2D eigenvalue weighted by Crippen LogP contribution is -2.68. The molecule has 0 bridgehead atoms. The van der Waals surface area contributed by atoms with Gasteiger partial charge in [-0.05, 0) is 57.1 Å². The zero-order chi connectivity index (χ0) is 30.8. The molecule has 5 N–H and O–H groups in total. The number of nitrogens with one attached hydrogen (secondary N) is 1. The third-order valence-electron chi connectivity index (χ3n) is 8.81. The summed E-state index contributed by atoms with van der Waals surface area (Å²) in [6.45, 7) is 4.40. The smallest absolute Gasteiger partial charge is 0.326 e.